The van der Waals surface area contributed by atoms with Crippen LogP contribution in [0, 0.1) is 5.92 Å². The van der Waals surface area contributed by atoms with E-state index in [1.807, 2.05) is 4.90 Å². The molecule has 1 amide bonds. The van der Waals surface area contributed by atoms with E-state index in [-0.39, 0.29) is 23.3 Å². The summed E-state index contributed by atoms with van der Waals surface area (Å²) in [5.41, 5.74) is 0.682. The first-order valence-corrected chi connectivity index (χ1v) is 11.9. The molecule has 1 atom stereocenters. The first-order valence-electron chi connectivity index (χ1n) is 11.5. The van der Waals surface area contributed by atoms with Gasteiger partial charge in [0, 0.05) is 44.3 Å². The van der Waals surface area contributed by atoms with Crippen LogP contribution in [0.2, 0.25) is 5.02 Å². The van der Waals surface area contributed by atoms with Crippen LogP contribution in [0.1, 0.15) is 12.8 Å². The number of fused-ring (bicyclic) bond motifs is 1. The number of aliphatic carboxylic acids is 1. The fourth-order valence-corrected chi connectivity index (χ4v) is 4.35. The number of halogens is 1. The van der Waals surface area contributed by atoms with Gasteiger partial charge in [-0.15, -0.1) is 0 Å². The molecule has 1 aromatic carbocycles. The highest BCUT2D eigenvalue weighted by molar-refractivity contribution is 6.32. The van der Waals surface area contributed by atoms with E-state index < -0.39 is 17.4 Å². The van der Waals surface area contributed by atoms with Crippen molar-refractivity contribution in [1.82, 2.24) is 19.9 Å². The average Bonchev–Trinajstić information content (AvgIpc) is 2.90. The van der Waals surface area contributed by atoms with Gasteiger partial charge in [0.1, 0.15) is 10.8 Å². The van der Waals surface area contributed by atoms with Crippen molar-refractivity contribution in [1.29, 1.82) is 0 Å². The molecule has 0 spiro atoms. The third kappa shape index (κ3) is 5.53. The van der Waals surface area contributed by atoms with Gasteiger partial charge in [-0.3, -0.25) is 14.4 Å². The molecule has 2 aromatic heterocycles. The zero-order valence-corrected chi connectivity index (χ0v) is 21.3. The average molecular weight is 531 g/mol. The zero-order valence-electron chi connectivity index (χ0n) is 20.6. The number of pyridine rings is 1. The summed E-state index contributed by atoms with van der Waals surface area (Å²) in [6.45, 7) is 0.652. The van der Waals surface area contributed by atoms with E-state index in [0.717, 1.165) is 6.42 Å². The van der Waals surface area contributed by atoms with Crippen molar-refractivity contribution in [2.75, 3.05) is 44.1 Å². The van der Waals surface area contributed by atoms with E-state index in [2.05, 4.69) is 20.6 Å². The first kappa shape index (κ1) is 26.0. The number of ether oxygens (including phenoxy) is 2. The van der Waals surface area contributed by atoms with Gasteiger partial charge in [-0.2, -0.15) is 4.98 Å². The number of rotatable bonds is 8. The van der Waals surface area contributed by atoms with Crippen molar-refractivity contribution in [2.24, 2.45) is 13.0 Å². The van der Waals surface area contributed by atoms with Crippen LogP contribution in [-0.2, 0) is 16.6 Å². The van der Waals surface area contributed by atoms with Crippen LogP contribution in [0.15, 0.2) is 29.2 Å². The summed E-state index contributed by atoms with van der Waals surface area (Å²) in [7, 11) is 4.56. The lowest BCUT2D eigenvalue weighted by Gasteiger charge is -2.30. The lowest BCUT2D eigenvalue weighted by Crippen LogP contribution is -2.39. The van der Waals surface area contributed by atoms with E-state index in [9.17, 15) is 19.5 Å². The predicted octanol–water partition coefficient (Wildman–Crippen LogP) is 2.16. The number of methoxy groups -OCH3 is 1. The van der Waals surface area contributed by atoms with Crippen molar-refractivity contribution in [2.45, 2.75) is 12.8 Å². The number of carboxylic acid groups (broad SMARTS) is 1. The molecule has 0 radical (unpaired) electrons. The molecule has 37 heavy (non-hydrogen) atoms. The van der Waals surface area contributed by atoms with E-state index in [1.165, 1.54) is 24.9 Å². The number of hydrogen-bond donors (Lipinski definition) is 3. The number of nitrogens with one attached hydrogen (secondary N) is 2. The van der Waals surface area contributed by atoms with Crippen molar-refractivity contribution in [3.05, 3.63) is 39.8 Å². The summed E-state index contributed by atoms with van der Waals surface area (Å²) in [5.74, 6) is -0.563. The number of hydrogen-bond acceptors (Lipinski definition) is 9. The molecule has 3 heterocycles. The molecule has 0 unspecified atom stereocenters. The highest BCUT2D eigenvalue weighted by Crippen LogP contribution is 2.33. The van der Waals surface area contributed by atoms with Gasteiger partial charge in [0.25, 0.3) is 11.5 Å². The molecule has 4 rings (SSSR count). The summed E-state index contributed by atoms with van der Waals surface area (Å²) >= 11 is 6.38. The second-order valence-corrected chi connectivity index (χ2v) is 8.97. The van der Waals surface area contributed by atoms with Gasteiger partial charge >= 0.3 is 5.97 Å². The van der Waals surface area contributed by atoms with Crippen LogP contribution >= 0.6 is 11.6 Å². The Morgan fingerprint density at radius 1 is 1.27 bits per heavy atom. The Morgan fingerprint density at radius 2 is 2.05 bits per heavy atom. The lowest BCUT2D eigenvalue weighted by atomic mass is 9.99. The summed E-state index contributed by atoms with van der Waals surface area (Å²) in [4.78, 5) is 46.5. The zero-order chi connectivity index (χ0) is 26.7. The van der Waals surface area contributed by atoms with Gasteiger partial charge in [0.2, 0.25) is 5.95 Å². The van der Waals surface area contributed by atoms with Crippen LogP contribution in [-0.4, -0.2) is 65.4 Å². The molecule has 13 heteroatoms. The van der Waals surface area contributed by atoms with Crippen LogP contribution in [0.25, 0.3) is 10.9 Å². The van der Waals surface area contributed by atoms with Crippen molar-refractivity contribution < 1.29 is 24.2 Å². The molecule has 0 saturated carbocycles. The Hall–Kier alpha value is -4.06. The fraction of sp³-hybridized carbons (Fsp3) is 0.375. The number of nitrogens with zero attached hydrogens (tertiary/aromatic N) is 4. The molecule has 0 aliphatic carbocycles. The van der Waals surface area contributed by atoms with E-state index in [0.29, 0.717) is 53.6 Å². The predicted molar refractivity (Wildman–Crippen MR) is 138 cm³/mol. The van der Waals surface area contributed by atoms with Crippen molar-refractivity contribution in [3.63, 3.8) is 0 Å². The van der Waals surface area contributed by atoms with Gasteiger partial charge in [-0.25, -0.2) is 4.98 Å². The summed E-state index contributed by atoms with van der Waals surface area (Å²) in [6.07, 6.45) is 2.79. The monoisotopic (exact) mass is 530 g/mol. The maximum atomic E-state index is 12.8. The molecule has 0 bridgehead atoms. The van der Waals surface area contributed by atoms with Gasteiger partial charge in [0.15, 0.2) is 18.2 Å². The Morgan fingerprint density at radius 3 is 2.76 bits per heavy atom. The molecular formula is C24H27ClN6O6. The third-order valence-corrected chi connectivity index (χ3v) is 6.42. The minimum atomic E-state index is -0.839. The number of carboxylic acids is 1. The molecule has 196 valence electrons. The molecule has 3 aromatic rings. The van der Waals surface area contributed by atoms with Crippen LogP contribution in [0.3, 0.4) is 0 Å². The lowest BCUT2D eigenvalue weighted by molar-refractivity contribution is -0.142. The van der Waals surface area contributed by atoms with Crippen LogP contribution in [0.4, 0.5) is 17.5 Å². The molecule has 1 aliphatic heterocycles. The minimum absolute atomic E-state index is 0.0123. The summed E-state index contributed by atoms with van der Waals surface area (Å²) < 4.78 is 12.4. The summed E-state index contributed by atoms with van der Waals surface area (Å²) in [5, 5.41) is 15.9. The van der Waals surface area contributed by atoms with E-state index in [1.54, 1.807) is 25.2 Å². The minimum Gasteiger partial charge on any atom is -0.494 e. The van der Waals surface area contributed by atoms with E-state index >= 15 is 0 Å². The smallest absolute Gasteiger partial charge is 0.308 e. The van der Waals surface area contributed by atoms with Gasteiger partial charge in [-0.1, -0.05) is 11.6 Å². The number of aromatic nitrogens is 3. The molecule has 12 nitrogen and oxygen atoms in total. The van der Waals surface area contributed by atoms with Crippen LogP contribution in [0.5, 0.6) is 11.5 Å². The number of carbonyl (C=O) groups excluding carboxylic acids is 1. The van der Waals surface area contributed by atoms with Crippen molar-refractivity contribution in [3.8, 4) is 11.5 Å². The first-order chi connectivity index (χ1) is 17.7. The van der Waals surface area contributed by atoms with Gasteiger partial charge in [-0.05, 0) is 25.0 Å². The maximum absolute atomic E-state index is 12.8. The fourth-order valence-electron chi connectivity index (χ4n) is 4.21. The second-order valence-electron chi connectivity index (χ2n) is 8.57. The Kier molecular flexibility index (Phi) is 7.67. The van der Waals surface area contributed by atoms with Crippen LogP contribution < -0.4 is 30.6 Å². The normalized spacial score (nSPS) is 15.4. The summed E-state index contributed by atoms with van der Waals surface area (Å²) in [6, 6.07) is 5.01. The SMILES string of the molecule is CNC(=O)COc1cc2cc(Nc3nc(N4CCC[C@@H](C(=O)O)C4)ncc3Cl)cc(OC)c2n(C)c1=O. The second kappa shape index (κ2) is 10.9. The van der Waals surface area contributed by atoms with E-state index in [4.69, 9.17) is 21.1 Å². The number of anilines is 3. The number of benzene rings is 1. The maximum Gasteiger partial charge on any atom is 0.308 e. The molecule has 1 fully saturated rings. The topological polar surface area (TPSA) is 148 Å². The third-order valence-electron chi connectivity index (χ3n) is 6.15. The quantitative estimate of drug-likeness (QED) is 0.395. The number of carbonyl (C=O) groups is 2. The highest BCUT2D eigenvalue weighted by Gasteiger charge is 2.27. The van der Waals surface area contributed by atoms with Gasteiger partial charge in [0.05, 0.1) is 24.7 Å². The molecular weight excluding hydrogens is 504 g/mol. The highest BCUT2D eigenvalue weighted by atomic mass is 35.5. The number of piperidine rings is 1. The molecule has 3 N–H and O–H groups in total. The standard InChI is InChI=1S/C24H27ClN6O6/c1-26-19(32)12-37-18-8-14-7-15(9-17(36-3)20(14)30(2)22(18)33)28-21-16(25)10-27-24(29-21)31-6-4-5-13(11-31)23(34)35/h7-10,13H,4-6,11-12H2,1-3H3,(H,26,32)(H,34,35)(H,27,28,29)/t13-/m1/s1. The number of aryl methyl sites for hydroxylation is 1. The molecule has 1 saturated heterocycles. The van der Waals surface area contributed by atoms with Crippen molar-refractivity contribution >= 4 is 51.8 Å². The largest absolute Gasteiger partial charge is 0.494 e. The van der Waals surface area contributed by atoms with Gasteiger partial charge < -0.3 is 34.7 Å². The Bertz CT molecular complexity index is 1410. The Balaban J connectivity index is 1.68. The Labute approximate surface area is 217 Å². The molecule has 1 aliphatic rings. The number of likely N-dealkylation sites (N-methyl/N-ethyl adjacent to an activating group) is 1. The number of amides is 1.